The molecule has 35 heteroatoms. The molecule has 0 saturated carbocycles. The minimum absolute atomic E-state index is 0.0570. The zero-order valence-electron chi connectivity index (χ0n) is 60.7. The number of phenolic OH excluding ortho intramolecular Hbond substituents is 5. The number of terminal acetylenes is 1. The molecule has 576 valence electrons. The van der Waals surface area contributed by atoms with E-state index in [4.69, 9.17) is 122 Å². The van der Waals surface area contributed by atoms with Crippen LogP contribution in [0.15, 0.2) is 54.3 Å². The maximum atomic E-state index is 12.7. The van der Waals surface area contributed by atoms with Gasteiger partial charge in [-0.25, -0.2) is 24.9 Å². The van der Waals surface area contributed by atoms with Gasteiger partial charge in [-0.3, -0.25) is 66.4 Å². The van der Waals surface area contributed by atoms with Crippen LogP contribution in [-0.2, 0) is 67.0 Å². The van der Waals surface area contributed by atoms with Crippen molar-refractivity contribution >= 4 is 171 Å². The molecule has 6 heterocycles. The number of fused-ring (bicyclic) bond motifs is 5. The number of piperidine rings is 1. The Morgan fingerprint density at radius 2 is 0.729 bits per heavy atom. The van der Waals surface area contributed by atoms with Gasteiger partial charge in [0.2, 0.25) is 0 Å². The van der Waals surface area contributed by atoms with Gasteiger partial charge in [-0.05, 0) is 116 Å². The highest BCUT2D eigenvalue weighted by atomic mass is 35.5. The van der Waals surface area contributed by atoms with E-state index < -0.39 is 0 Å². The molecule has 5 aromatic carbocycles. The van der Waals surface area contributed by atoms with Crippen molar-refractivity contribution < 1.29 is 25.5 Å². The minimum Gasteiger partial charge on any atom is -0.504 e. The lowest BCUT2D eigenvalue weighted by molar-refractivity contribution is 0.213. The number of hydrogen-bond donors (Lipinski definition) is 6. The highest BCUT2D eigenvalue weighted by Crippen LogP contribution is 2.40. The summed E-state index contributed by atoms with van der Waals surface area (Å²) in [6.07, 6.45) is 9.82. The first-order valence-corrected chi connectivity index (χ1v) is 37.9. The SMILES string of the molecule is C#CCN(C)Cc1nc2c(O)c(Cl)cc(Cl)c2c(=O)n1CC.CCCNCc1nc2c(O)c(Cl)cc(Cl)c2c(=O)n1C.CCN(CC)Cc1nc2c(O)c(Cl)cc(Cl)c2c(=O)n1C.CCN(CC)Cc1nc2c(O)c(Cl)cc(Cl)c2c(=O)n1CC.Cn1c(CN2CCCCC2)nc2c(O)c(Cl)cc(Cl)c2c1=O. The van der Waals surface area contributed by atoms with Crippen LogP contribution in [0.5, 0.6) is 28.7 Å². The Labute approximate surface area is 666 Å². The zero-order chi connectivity index (χ0) is 79.3. The number of hydrogen-bond acceptors (Lipinski definition) is 20. The molecule has 25 nitrogen and oxygen atoms in total. The van der Waals surface area contributed by atoms with Crippen LogP contribution in [0, 0.1) is 12.3 Å². The maximum absolute atomic E-state index is 12.7. The summed E-state index contributed by atoms with van der Waals surface area (Å²) in [5.74, 6) is 4.21. The van der Waals surface area contributed by atoms with Gasteiger partial charge in [-0.15, -0.1) is 6.42 Å². The van der Waals surface area contributed by atoms with Gasteiger partial charge in [0.1, 0.15) is 56.7 Å². The molecular formula is C72H83Cl10N15O10. The molecule has 0 bridgehead atoms. The summed E-state index contributed by atoms with van der Waals surface area (Å²) in [5, 5.41) is 55.8. The van der Waals surface area contributed by atoms with Crippen molar-refractivity contribution in [3.63, 3.8) is 0 Å². The number of phenols is 5. The Morgan fingerprint density at radius 3 is 1.07 bits per heavy atom. The van der Waals surface area contributed by atoms with E-state index in [0.717, 1.165) is 65.1 Å². The number of aromatic hydroxyl groups is 5. The molecule has 1 fully saturated rings. The number of halogens is 10. The molecule has 10 aromatic rings. The summed E-state index contributed by atoms with van der Waals surface area (Å²) >= 11 is 59.9. The largest absolute Gasteiger partial charge is 0.504 e. The van der Waals surface area contributed by atoms with E-state index in [1.165, 1.54) is 55.0 Å². The quantitative estimate of drug-likeness (QED) is 0.0324. The molecule has 0 aliphatic carbocycles. The van der Waals surface area contributed by atoms with Crippen molar-refractivity contribution in [2.24, 2.45) is 21.1 Å². The van der Waals surface area contributed by atoms with Gasteiger partial charge in [0.15, 0.2) is 28.7 Å². The van der Waals surface area contributed by atoms with Crippen molar-refractivity contribution in [1.82, 2.24) is 72.7 Å². The molecule has 6 N–H and O–H groups in total. The fraction of sp³-hybridized carbons (Fsp3) is 0.417. The second kappa shape index (κ2) is 39.1. The van der Waals surface area contributed by atoms with Crippen molar-refractivity contribution in [3.8, 4) is 41.1 Å². The van der Waals surface area contributed by atoms with E-state index in [1.807, 2.05) is 60.4 Å². The average molecular weight is 1670 g/mol. The van der Waals surface area contributed by atoms with Gasteiger partial charge in [0.25, 0.3) is 27.8 Å². The molecule has 107 heavy (non-hydrogen) atoms. The first kappa shape index (κ1) is 87.3. The number of nitrogens with zero attached hydrogens (tertiary/aromatic N) is 14. The maximum Gasteiger partial charge on any atom is 0.263 e. The van der Waals surface area contributed by atoms with E-state index in [1.54, 1.807) is 25.7 Å². The Balaban J connectivity index is 0.000000187. The van der Waals surface area contributed by atoms with E-state index in [-0.39, 0.29) is 161 Å². The molecule has 0 atom stereocenters. The van der Waals surface area contributed by atoms with Crippen LogP contribution >= 0.6 is 116 Å². The summed E-state index contributed by atoms with van der Waals surface area (Å²) in [6.45, 7) is 23.8. The monoisotopic (exact) mass is 1670 g/mol. The molecule has 0 unspecified atom stereocenters. The topological polar surface area (TPSA) is 301 Å². The summed E-state index contributed by atoms with van der Waals surface area (Å²) < 4.78 is 7.47. The predicted molar refractivity (Wildman–Crippen MR) is 432 cm³/mol. The molecule has 0 radical (unpaired) electrons. The van der Waals surface area contributed by atoms with E-state index in [0.29, 0.717) is 81.5 Å². The Kier molecular flexibility index (Phi) is 31.9. The second-order valence-electron chi connectivity index (χ2n) is 24.7. The van der Waals surface area contributed by atoms with Gasteiger partial charge >= 0.3 is 0 Å². The molecule has 1 aliphatic heterocycles. The summed E-state index contributed by atoms with van der Waals surface area (Å²) in [7, 11) is 6.77. The summed E-state index contributed by atoms with van der Waals surface area (Å²) in [4.78, 5) is 93.0. The minimum atomic E-state index is -0.312. The van der Waals surface area contributed by atoms with Crippen molar-refractivity contribution in [3.05, 3.63) is 161 Å². The standard InChI is InChI=1S/C15H17Cl2N3O2.C15H15Cl2N3O2.C15H19Cl2N3O2.C14H17Cl2N3O2.C13H15Cl2N3O2/c1-19-11(8-20-5-3-2-4-6-20)18-13-12(15(19)22)9(16)7-10(17)14(13)21;1-4-6-19(3)8-11-18-13-12(15(22)20(11)5-2)9(16)7-10(17)14(13)21;1-4-19(5-2)8-11-18-13-12(15(22)20(11)6-3)9(16)7-10(17)14(13)21;1-4-19(5-2)7-10-17-12-11(14(21)18(10)3)8(15)6-9(16)13(12)20;1-3-4-16-6-9-17-11-10(13(20)18(9)2)7(14)5-8(15)12(11)19/h7,21H,2-6,8H2,1H3;1,7,21H,5-6,8H2,2-3H3;7,21H,4-6,8H2,1-3H3;6,20H,4-5,7H2,1-3H3;5,16,19H,3-4,6H2,1-2H3. The summed E-state index contributed by atoms with van der Waals surface area (Å²) in [6, 6.07) is 6.78. The average Bonchev–Trinajstić information content (AvgIpc) is 0.784. The lowest BCUT2D eigenvalue weighted by atomic mass is 10.1. The summed E-state index contributed by atoms with van der Waals surface area (Å²) in [5.41, 5.74) is -0.705. The number of rotatable bonds is 19. The van der Waals surface area contributed by atoms with Crippen molar-refractivity contribution in [2.75, 3.05) is 59.4 Å². The smallest absolute Gasteiger partial charge is 0.263 e. The van der Waals surface area contributed by atoms with Crippen LogP contribution < -0.4 is 33.1 Å². The molecule has 1 saturated heterocycles. The fourth-order valence-electron chi connectivity index (χ4n) is 11.7. The number of nitrogens with one attached hydrogen (secondary N) is 1. The van der Waals surface area contributed by atoms with Gasteiger partial charge in [-0.2, -0.15) is 0 Å². The lowest BCUT2D eigenvalue weighted by Crippen LogP contribution is -2.33. The fourth-order valence-corrected chi connectivity index (χ4v) is 14.3. The number of likely N-dealkylation sites (tertiary alicyclic amines) is 1. The molecule has 0 spiro atoms. The third kappa shape index (κ3) is 19.8. The normalized spacial score (nSPS) is 12.4. The Bertz CT molecular complexity index is 5330. The molecular weight excluding hydrogens is 1590 g/mol. The van der Waals surface area contributed by atoms with Crippen LogP contribution in [0.25, 0.3) is 54.5 Å². The molecule has 1 aliphatic rings. The first-order chi connectivity index (χ1) is 50.7. The third-order valence-corrected chi connectivity index (χ3v) is 20.7. The Hall–Kier alpha value is -6.94. The van der Waals surface area contributed by atoms with Crippen LogP contribution in [0.1, 0.15) is 103 Å². The van der Waals surface area contributed by atoms with Gasteiger partial charge < -0.3 is 30.8 Å². The van der Waals surface area contributed by atoms with Crippen LogP contribution in [0.2, 0.25) is 50.2 Å². The third-order valence-electron chi connectivity index (χ3n) is 17.8. The lowest BCUT2D eigenvalue weighted by Gasteiger charge is -2.26. The highest BCUT2D eigenvalue weighted by Gasteiger charge is 2.25. The highest BCUT2D eigenvalue weighted by molar-refractivity contribution is 6.42. The van der Waals surface area contributed by atoms with Gasteiger partial charge in [0.05, 0.1) is 116 Å². The molecule has 11 rings (SSSR count). The van der Waals surface area contributed by atoms with E-state index >= 15 is 0 Å². The van der Waals surface area contributed by atoms with Gasteiger partial charge in [-0.1, -0.05) is 163 Å². The number of benzene rings is 5. The van der Waals surface area contributed by atoms with Crippen LogP contribution in [0.4, 0.5) is 0 Å². The Morgan fingerprint density at radius 1 is 0.430 bits per heavy atom. The van der Waals surface area contributed by atoms with E-state index in [9.17, 15) is 49.5 Å². The van der Waals surface area contributed by atoms with Crippen LogP contribution in [-0.4, -0.2) is 152 Å². The van der Waals surface area contributed by atoms with E-state index in [2.05, 4.69) is 50.9 Å². The molecule has 5 aromatic heterocycles. The zero-order valence-corrected chi connectivity index (χ0v) is 68.3. The predicted octanol–water partition coefficient (Wildman–Crippen LogP) is 13.9. The second-order valence-corrected chi connectivity index (χ2v) is 28.8. The van der Waals surface area contributed by atoms with Crippen molar-refractivity contribution in [1.29, 1.82) is 0 Å². The first-order valence-electron chi connectivity index (χ1n) is 34.1. The van der Waals surface area contributed by atoms with Gasteiger partial charge in [0, 0.05) is 34.2 Å². The van der Waals surface area contributed by atoms with Crippen LogP contribution in [0.3, 0.4) is 0 Å². The number of aromatic nitrogens is 10. The van der Waals surface area contributed by atoms with Crippen molar-refractivity contribution in [2.45, 2.75) is 120 Å². The molecule has 0 amide bonds.